The van der Waals surface area contributed by atoms with Crippen molar-refractivity contribution in [1.29, 1.82) is 0 Å². The average Bonchev–Trinajstić information content (AvgIpc) is 3.23. The van der Waals surface area contributed by atoms with Gasteiger partial charge in [0.05, 0.1) is 6.42 Å². The van der Waals surface area contributed by atoms with E-state index in [1.165, 1.54) is 0 Å². The number of ether oxygens (including phenoxy) is 1. The molecule has 31 heavy (non-hydrogen) atoms. The van der Waals surface area contributed by atoms with Gasteiger partial charge in [0.2, 0.25) is 5.91 Å². The van der Waals surface area contributed by atoms with E-state index in [4.69, 9.17) is 9.26 Å². The second-order valence-electron chi connectivity index (χ2n) is 7.49. The molecular formula is C23H21N5O3. The van der Waals surface area contributed by atoms with Crippen LogP contribution in [0.5, 0.6) is 6.01 Å². The van der Waals surface area contributed by atoms with Crippen molar-refractivity contribution in [2.75, 3.05) is 13.1 Å². The Labute approximate surface area is 178 Å². The minimum absolute atomic E-state index is 0.0105. The minimum Gasteiger partial charge on any atom is -0.460 e. The highest BCUT2D eigenvalue weighted by molar-refractivity contribution is 5.86. The molecule has 0 atom stereocenters. The molecule has 8 nitrogen and oxygen atoms in total. The highest BCUT2D eigenvalue weighted by atomic mass is 16.5. The second kappa shape index (κ2) is 8.51. The van der Waals surface area contributed by atoms with Gasteiger partial charge >= 0.3 is 6.01 Å². The Morgan fingerprint density at radius 3 is 2.55 bits per heavy atom. The molecule has 1 amide bonds. The molecule has 0 aliphatic carbocycles. The lowest BCUT2D eigenvalue weighted by Crippen LogP contribution is -2.42. The number of para-hydroxylation sites is 1. The first-order chi connectivity index (χ1) is 15.3. The third-order valence-electron chi connectivity index (χ3n) is 5.48. The van der Waals surface area contributed by atoms with Gasteiger partial charge in [0.25, 0.3) is 0 Å². The molecule has 0 saturated carbocycles. The van der Waals surface area contributed by atoms with Crippen molar-refractivity contribution in [2.24, 2.45) is 0 Å². The third-order valence-corrected chi connectivity index (χ3v) is 5.48. The molecule has 1 saturated heterocycles. The molecule has 1 aliphatic rings. The largest absolute Gasteiger partial charge is 0.460 e. The van der Waals surface area contributed by atoms with E-state index in [2.05, 4.69) is 20.1 Å². The fourth-order valence-electron chi connectivity index (χ4n) is 3.76. The third kappa shape index (κ3) is 4.23. The smallest absolute Gasteiger partial charge is 0.316 e. The summed E-state index contributed by atoms with van der Waals surface area (Å²) in [7, 11) is 0. The zero-order valence-corrected chi connectivity index (χ0v) is 16.8. The number of carbonyl (C=O) groups is 1. The summed E-state index contributed by atoms with van der Waals surface area (Å²) in [6.07, 6.45) is 8.67. The number of piperidine rings is 1. The topological polar surface area (TPSA) is 94.2 Å². The number of carbonyl (C=O) groups excluding carboxylic acids is 1. The lowest BCUT2D eigenvalue weighted by Gasteiger charge is -2.31. The monoisotopic (exact) mass is 415 g/mol. The van der Waals surface area contributed by atoms with Gasteiger partial charge in [-0.2, -0.15) is 0 Å². The summed E-state index contributed by atoms with van der Waals surface area (Å²) in [5, 5.41) is 4.95. The van der Waals surface area contributed by atoms with Gasteiger partial charge in [0.1, 0.15) is 11.8 Å². The van der Waals surface area contributed by atoms with Crippen LogP contribution in [0.1, 0.15) is 18.5 Å². The second-order valence-corrected chi connectivity index (χ2v) is 7.49. The molecule has 0 spiro atoms. The van der Waals surface area contributed by atoms with Crippen LogP contribution in [0.25, 0.3) is 22.1 Å². The Hall–Kier alpha value is -3.81. The maximum absolute atomic E-state index is 12.7. The van der Waals surface area contributed by atoms with Crippen molar-refractivity contribution in [1.82, 2.24) is 25.0 Å². The number of likely N-dealkylation sites (tertiary alicyclic amines) is 1. The highest BCUT2D eigenvalue weighted by Crippen LogP contribution is 2.22. The number of amides is 1. The lowest BCUT2D eigenvalue weighted by molar-refractivity contribution is -0.132. The van der Waals surface area contributed by atoms with E-state index in [1.807, 2.05) is 41.3 Å². The van der Waals surface area contributed by atoms with Gasteiger partial charge in [-0.05, 0) is 29.8 Å². The standard InChI is InChI=1S/C23H21N5O3/c29-22(13-20-19-3-1-2-4-21(19)31-27-20)28-11-7-18(8-12-28)30-23-25-14-17(15-26-23)16-5-9-24-10-6-16/h1-6,9-10,14-15,18H,7-8,11-13H2. The quantitative estimate of drug-likeness (QED) is 0.494. The van der Waals surface area contributed by atoms with Crippen LogP contribution in [0.3, 0.4) is 0 Å². The van der Waals surface area contributed by atoms with E-state index in [9.17, 15) is 4.79 Å². The van der Waals surface area contributed by atoms with Gasteiger partial charge < -0.3 is 14.2 Å². The highest BCUT2D eigenvalue weighted by Gasteiger charge is 2.25. The Morgan fingerprint density at radius 2 is 1.77 bits per heavy atom. The van der Waals surface area contributed by atoms with Crippen LogP contribution in [0.15, 0.2) is 65.7 Å². The van der Waals surface area contributed by atoms with E-state index >= 15 is 0 Å². The Kier molecular flexibility index (Phi) is 5.26. The van der Waals surface area contributed by atoms with Gasteiger partial charge in [0.15, 0.2) is 5.58 Å². The van der Waals surface area contributed by atoms with Gasteiger partial charge in [-0.15, -0.1) is 0 Å². The number of nitrogens with zero attached hydrogens (tertiary/aromatic N) is 5. The summed E-state index contributed by atoms with van der Waals surface area (Å²) < 4.78 is 11.2. The number of benzene rings is 1. The first kappa shape index (κ1) is 19.2. The molecule has 0 bridgehead atoms. The normalized spacial score (nSPS) is 14.6. The molecule has 3 aromatic heterocycles. The summed E-state index contributed by atoms with van der Waals surface area (Å²) in [4.78, 5) is 27.3. The first-order valence-corrected chi connectivity index (χ1v) is 10.3. The summed E-state index contributed by atoms with van der Waals surface area (Å²) in [6.45, 7) is 1.27. The van der Waals surface area contributed by atoms with Gasteiger partial charge in [-0.3, -0.25) is 9.78 Å². The molecule has 156 valence electrons. The van der Waals surface area contributed by atoms with Crippen LogP contribution in [0.2, 0.25) is 0 Å². The first-order valence-electron chi connectivity index (χ1n) is 10.3. The summed E-state index contributed by atoms with van der Waals surface area (Å²) in [5.74, 6) is 0.0513. The molecule has 1 aromatic carbocycles. The molecule has 1 fully saturated rings. The Balaban J connectivity index is 1.15. The molecule has 5 rings (SSSR count). The van der Waals surface area contributed by atoms with Crippen LogP contribution < -0.4 is 4.74 Å². The van der Waals surface area contributed by atoms with Crippen molar-refractivity contribution in [3.8, 4) is 17.1 Å². The zero-order valence-electron chi connectivity index (χ0n) is 16.8. The van der Waals surface area contributed by atoms with Crippen LogP contribution in [0, 0.1) is 0 Å². The molecule has 1 aliphatic heterocycles. The Morgan fingerprint density at radius 1 is 1.03 bits per heavy atom. The van der Waals surface area contributed by atoms with Crippen molar-refractivity contribution < 1.29 is 14.1 Å². The maximum atomic E-state index is 12.7. The number of hydrogen-bond donors (Lipinski definition) is 0. The van der Waals surface area contributed by atoms with Gasteiger partial charge in [0, 0.05) is 61.7 Å². The number of fused-ring (bicyclic) bond motifs is 1. The van der Waals surface area contributed by atoms with E-state index in [1.54, 1.807) is 24.8 Å². The molecule has 0 N–H and O–H groups in total. The van der Waals surface area contributed by atoms with E-state index in [0.717, 1.165) is 29.4 Å². The average molecular weight is 415 g/mol. The SMILES string of the molecule is O=C(Cc1noc2ccccc12)N1CCC(Oc2ncc(-c3ccncc3)cn2)CC1. The lowest BCUT2D eigenvalue weighted by atomic mass is 10.1. The number of aromatic nitrogens is 4. The molecule has 4 aromatic rings. The minimum atomic E-state index is -0.0105. The van der Waals surface area contributed by atoms with Crippen LogP contribution in [-0.4, -0.2) is 50.1 Å². The van der Waals surface area contributed by atoms with Crippen LogP contribution in [0.4, 0.5) is 0 Å². The summed E-state index contributed by atoms with van der Waals surface area (Å²) in [6, 6.07) is 11.8. The molecule has 0 radical (unpaired) electrons. The Bertz CT molecular complexity index is 1170. The van der Waals surface area contributed by atoms with Crippen LogP contribution >= 0.6 is 0 Å². The summed E-state index contributed by atoms with van der Waals surface area (Å²) >= 11 is 0. The zero-order chi connectivity index (χ0) is 21.0. The fraction of sp³-hybridized carbons (Fsp3) is 0.261. The van der Waals surface area contributed by atoms with Crippen molar-refractivity contribution in [3.05, 3.63) is 66.9 Å². The summed E-state index contributed by atoms with van der Waals surface area (Å²) in [5.41, 5.74) is 3.30. The van der Waals surface area contributed by atoms with Gasteiger partial charge in [-0.25, -0.2) is 9.97 Å². The number of hydrogen-bond acceptors (Lipinski definition) is 7. The van der Waals surface area contributed by atoms with Crippen molar-refractivity contribution in [2.45, 2.75) is 25.4 Å². The predicted octanol–water partition coefficient (Wildman–Crippen LogP) is 3.29. The molecule has 8 heteroatoms. The van der Waals surface area contributed by atoms with E-state index < -0.39 is 0 Å². The fourth-order valence-corrected chi connectivity index (χ4v) is 3.76. The molecular weight excluding hydrogens is 394 g/mol. The number of rotatable bonds is 5. The van der Waals surface area contributed by atoms with Gasteiger partial charge in [-0.1, -0.05) is 17.3 Å². The molecule has 0 unspecified atom stereocenters. The van der Waals surface area contributed by atoms with Crippen LogP contribution in [-0.2, 0) is 11.2 Å². The predicted molar refractivity (Wildman–Crippen MR) is 113 cm³/mol. The number of pyridine rings is 1. The van der Waals surface area contributed by atoms with E-state index in [-0.39, 0.29) is 18.4 Å². The molecule has 4 heterocycles. The van der Waals surface area contributed by atoms with Crippen molar-refractivity contribution >= 4 is 16.9 Å². The van der Waals surface area contributed by atoms with E-state index in [0.29, 0.717) is 30.4 Å². The van der Waals surface area contributed by atoms with Crippen molar-refractivity contribution in [3.63, 3.8) is 0 Å². The maximum Gasteiger partial charge on any atom is 0.316 e.